The highest BCUT2D eigenvalue weighted by Gasteiger charge is 2.25. The summed E-state index contributed by atoms with van der Waals surface area (Å²) in [5.41, 5.74) is 2.02. The molecule has 0 unspecified atom stereocenters. The summed E-state index contributed by atoms with van der Waals surface area (Å²) in [4.78, 5) is 32.2. The van der Waals surface area contributed by atoms with E-state index < -0.39 is 0 Å². The topological polar surface area (TPSA) is 87.5 Å². The van der Waals surface area contributed by atoms with Crippen LogP contribution in [0.15, 0.2) is 65.3 Å². The van der Waals surface area contributed by atoms with Crippen LogP contribution < -0.4 is 10.6 Å². The Hall–Kier alpha value is -3.65. The predicted octanol–water partition coefficient (Wildman–Crippen LogP) is 4.41. The molecule has 0 fully saturated rings. The van der Waals surface area contributed by atoms with E-state index in [1.54, 1.807) is 17.0 Å². The molecule has 0 saturated carbocycles. The van der Waals surface area contributed by atoms with Crippen molar-refractivity contribution in [2.45, 2.75) is 19.5 Å². The number of benzene rings is 2. The van der Waals surface area contributed by atoms with Gasteiger partial charge in [0.15, 0.2) is 10.9 Å². The number of hydrogen-bond acceptors (Lipinski definition) is 5. The Morgan fingerprint density at radius 3 is 2.84 bits per heavy atom. The van der Waals surface area contributed by atoms with Gasteiger partial charge in [-0.3, -0.25) is 10.1 Å². The normalized spacial score (nSPS) is 13.1. The van der Waals surface area contributed by atoms with Crippen LogP contribution in [-0.4, -0.2) is 28.4 Å². The van der Waals surface area contributed by atoms with E-state index in [1.165, 1.54) is 17.6 Å². The van der Waals surface area contributed by atoms with Crippen LogP contribution in [0.3, 0.4) is 0 Å². The number of furan rings is 1. The highest BCUT2D eigenvalue weighted by molar-refractivity contribution is 7.15. The number of fused-ring (bicyclic) bond motifs is 2. The minimum Gasteiger partial charge on any atom is -0.459 e. The van der Waals surface area contributed by atoms with Crippen LogP contribution >= 0.6 is 11.3 Å². The van der Waals surface area contributed by atoms with Gasteiger partial charge in [0.25, 0.3) is 5.91 Å². The molecule has 0 aliphatic carbocycles. The second-order valence-corrected chi connectivity index (χ2v) is 8.37. The lowest BCUT2D eigenvalue weighted by Gasteiger charge is -2.26. The van der Waals surface area contributed by atoms with Gasteiger partial charge in [-0.05, 0) is 28.5 Å². The van der Waals surface area contributed by atoms with Crippen LogP contribution in [-0.2, 0) is 19.5 Å². The van der Waals surface area contributed by atoms with Crippen molar-refractivity contribution in [2.75, 3.05) is 11.9 Å². The number of carbonyl (C=O) groups excluding carboxylic acids is 2. The minimum atomic E-state index is -0.333. The molecule has 1 aliphatic heterocycles. The van der Waals surface area contributed by atoms with Crippen molar-refractivity contribution < 1.29 is 14.0 Å². The number of nitrogens with zero attached hydrogens (tertiary/aromatic N) is 2. The van der Waals surface area contributed by atoms with Crippen molar-refractivity contribution in [2.24, 2.45) is 0 Å². The van der Waals surface area contributed by atoms with E-state index in [1.807, 2.05) is 24.3 Å². The maximum absolute atomic E-state index is 12.8. The molecular formula is C23H20N4O3S. The van der Waals surface area contributed by atoms with Crippen LogP contribution in [0.4, 0.5) is 9.93 Å². The Bertz CT molecular complexity index is 1240. The van der Waals surface area contributed by atoms with Gasteiger partial charge in [-0.15, -0.1) is 0 Å². The van der Waals surface area contributed by atoms with Crippen molar-refractivity contribution >= 4 is 39.2 Å². The van der Waals surface area contributed by atoms with E-state index in [9.17, 15) is 9.59 Å². The first-order chi connectivity index (χ1) is 15.2. The van der Waals surface area contributed by atoms with Crippen LogP contribution in [0, 0.1) is 0 Å². The number of hydrogen-bond donors (Lipinski definition) is 2. The summed E-state index contributed by atoms with van der Waals surface area (Å²) in [6.45, 7) is 1.53. The summed E-state index contributed by atoms with van der Waals surface area (Å²) < 4.78 is 5.11. The molecule has 31 heavy (non-hydrogen) atoms. The van der Waals surface area contributed by atoms with E-state index in [0.717, 1.165) is 26.9 Å². The summed E-state index contributed by atoms with van der Waals surface area (Å²) >= 11 is 1.39. The number of anilines is 1. The van der Waals surface area contributed by atoms with Crippen LogP contribution in [0.1, 0.15) is 26.7 Å². The summed E-state index contributed by atoms with van der Waals surface area (Å²) in [7, 11) is 0. The van der Waals surface area contributed by atoms with E-state index in [0.29, 0.717) is 31.2 Å². The van der Waals surface area contributed by atoms with Crippen molar-refractivity contribution in [3.63, 3.8) is 0 Å². The van der Waals surface area contributed by atoms with Crippen molar-refractivity contribution in [3.8, 4) is 0 Å². The largest absolute Gasteiger partial charge is 0.459 e. The molecule has 0 atom stereocenters. The Morgan fingerprint density at radius 1 is 1.10 bits per heavy atom. The Labute approximate surface area is 182 Å². The summed E-state index contributed by atoms with van der Waals surface area (Å²) in [5.74, 6) is -0.0941. The number of urea groups is 1. The fourth-order valence-corrected chi connectivity index (χ4v) is 4.74. The van der Waals surface area contributed by atoms with Crippen molar-refractivity contribution in [1.82, 2.24) is 15.2 Å². The molecule has 1 aliphatic rings. The molecule has 0 radical (unpaired) electrons. The monoisotopic (exact) mass is 432 g/mol. The fourth-order valence-electron chi connectivity index (χ4n) is 3.72. The first-order valence-corrected chi connectivity index (χ1v) is 10.8. The number of amides is 3. The molecule has 7 nitrogen and oxygen atoms in total. The zero-order chi connectivity index (χ0) is 21.2. The van der Waals surface area contributed by atoms with Crippen molar-refractivity contribution in [3.05, 3.63) is 82.8 Å². The lowest BCUT2D eigenvalue weighted by atomic mass is 10.0. The Morgan fingerprint density at radius 2 is 1.97 bits per heavy atom. The van der Waals surface area contributed by atoms with Crippen LogP contribution in [0.5, 0.6) is 0 Å². The summed E-state index contributed by atoms with van der Waals surface area (Å²) in [6.07, 6.45) is 2.11. The van der Waals surface area contributed by atoms with Gasteiger partial charge in [-0.1, -0.05) is 53.8 Å². The number of rotatable bonds is 4. The molecule has 5 rings (SSSR count). The smallest absolute Gasteiger partial charge is 0.318 e. The third kappa shape index (κ3) is 4.02. The zero-order valence-electron chi connectivity index (χ0n) is 16.6. The molecule has 4 aromatic rings. The van der Waals surface area contributed by atoms with Crippen LogP contribution in [0.25, 0.3) is 10.8 Å². The molecule has 3 heterocycles. The van der Waals surface area contributed by atoms with E-state index in [2.05, 4.69) is 33.8 Å². The fraction of sp³-hybridized carbons (Fsp3) is 0.174. The van der Waals surface area contributed by atoms with Gasteiger partial charge in [0.1, 0.15) is 0 Å². The van der Waals surface area contributed by atoms with Crippen LogP contribution in [0.2, 0.25) is 0 Å². The predicted molar refractivity (Wildman–Crippen MR) is 119 cm³/mol. The van der Waals surface area contributed by atoms with Gasteiger partial charge in [0.2, 0.25) is 0 Å². The first kappa shape index (κ1) is 19.3. The summed E-state index contributed by atoms with van der Waals surface area (Å²) in [6, 6.07) is 17.4. The maximum atomic E-state index is 12.8. The number of nitrogens with one attached hydrogen (secondary N) is 2. The lowest BCUT2D eigenvalue weighted by molar-refractivity contribution is 0.0996. The third-order valence-electron chi connectivity index (χ3n) is 5.29. The standard InChI is InChI=1S/C23H20N4O3S/c28-21(19-9-4-12-30-19)26-22-25-18-10-11-27(14-20(18)31-22)23(29)24-13-16-7-3-6-15-5-1-2-8-17(15)16/h1-9,12H,10-11,13-14H2,(H,24,29)(H,25,26,28). The first-order valence-electron chi connectivity index (χ1n) is 10.0. The molecule has 3 amide bonds. The average Bonchev–Trinajstić information content (AvgIpc) is 3.46. The second kappa shape index (κ2) is 8.23. The second-order valence-electron chi connectivity index (χ2n) is 7.29. The average molecular weight is 433 g/mol. The minimum absolute atomic E-state index is 0.104. The van der Waals surface area contributed by atoms with Gasteiger partial charge < -0.3 is 14.6 Å². The van der Waals surface area contributed by atoms with Gasteiger partial charge in [-0.2, -0.15) is 0 Å². The van der Waals surface area contributed by atoms with Gasteiger partial charge in [-0.25, -0.2) is 9.78 Å². The van der Waals surface area contributed by atoms with E-state index in [-0.39, 0.29) is 17.7 Å². The molecule has 2 aromatic heterocycles. The van der Waals surface area contributed by atoms with Gasteiger partial charge >= 0.3 is 6.03 Å². The molecule has 0 bridgehead atoms. The van der Waals surface area contributed by atoms with Crippen molar-refractivity contribution in [1.29, 1.82) is 0 Å². The molecule has 0 spiro atoms. The Kier molecular flexibility index (Phi) is 5.13. The number of carbonyl (C=O) groups is 2. The third-order valence-corrected chi connectivity index (χ3v) is 6.29. The number of aromatic nitrogens is 1. The lowest BCUT2D eigenvalue weighted by Crippen LogP contribution is -2.42. The van der Waals surface area contributed by atoms with Gasteiger partial charge in [0, 0.05) is 24.4 Å². The highest BCUT2D eigenvalue weighted by Crippen LogP contribution is 2.29. The highest BCUT2D eigenvalue weighted by atomic mass is 32.1. The molecule has 2 aromatic carbocycles. The molecule has 2 N–H and O–H groups in total. The molecule has 8 heteroatoms. The quantitative estimate of drug-likeness (QED) is 0.500. The SMILES string of the molecule is O=C(Nc1nc2c(s1)CN(C(=O)NCc1cccc3ccccc13)CC2)c1ccco1. The van der Waals surface area contributed by atoms with Gasteiger partial charge in [0.05, 0.1) is 18.5 Å². The molecular weight excluding hydrogens is 412 g/mol. The molecule has 156 valence electrons. The number of thiazole rings is 1. The zero-order valence-corrected chi connectivity index (χ0v) is 17.4. The van der Waals surface area contributed by atoms with E-state index in [4.69, 9.17) is 4.42 Å². The maximum Gasteiger partial charge on any atom is 0.318 e. The molecule has 0 saturated heterocycles. The van der Waals surface area contributed by atoms with E-state index >= 15 is 0 Å². The summed E-state index contributed by atoms with van der Waals surface area (Å²) in [5, 5.41) is 8.62. The Balaban J connectivity index is 1.22.